The summed E-state index contributed by atoms with van der Waals surface area (Å²) in [6.45, 7) is 2.81. The number of hydrogen-bond acceptors (Lipinski definition) is 3. The highest BCUT2D eigenvalue weighted by Gasteiger charge is 2.09. The molecule has 0 saturated carbocycles. The summed E-state index contributed by atoms with van der Waals surface area (Å²) in [5.41, 5.74) is 0.479. The largest absolute Gasteiger partial charge is 0.494 e. The van der Waals surface area contributed by atoms with Crippen LogP contribution in [-0.4, -0.2) is 23.8 Å². The molecule has 0 amide bonds. The van der Waals surface area contributed by atoms with Crippen LogP contribution in [0.25, 0.3) is 0 Å². The SMILES string of the molecule is CCCCOc1ccc(B(O)O)cc1.[HH].[HH]. The fraction of sp³-hybridized carbons (Fsp3) is 0.400. The maximum atomic E-state index is 8.84. The van der Waals surface area contributed by atoms with Gasteiger partial charge in [-0.2, -0.15) is 0 Å². The van der Waals surface area contributed by atoms with Crippen LogP contribution < -0.4 is 10.2 Å². The maximum Gasteiger partial charge on any atom is 0.488 e. The van der Waals surface area contributed by atoms with Crippen molar-refractivity contribution in [2.75, 3.05) is 6.61 Å². The summed E-state index contributed by atoms with van der Waals surface area (Å²) in [7, 11) is -1.40. The summed E-state index contributed by atoms with van der Waals surface area (Å²) < 4.78 is 5.42. The van der Waals surface area contributed by atoms with E-state index in [-0.39, 0.29) is 2.85 Å². The van der Waals surface area contributed by atoms with Gasteiger partial charge in [0, 0.05) is 2.85 Å². The van der Waals surface area contributed by atoms with Gasteiger partial charge in [-0.05, 0) is 24.0 Å². The minimum atomic E-state index is -1.40. The first-order valence-electron chi connectivity index (χ1n) is 4.83. The van der Waals surface area contributed by atoms with E-state index in [1.54, 1.807) is 24.3 Å². The summed E-state index contributed by atoms with van der Waals surface area (Å²) in [6.07, 6.45) is 2.14. The maximum absolute atomic E-state index is 8.84. The first-order chi connectivity index (χ1) is 6.74. The van der Waals surface area contributed by atoms with Gasteiger partial charge in [0.1, 0.15) is 5.75 Å². The van der Waals surface area contributed by atoms with Gasteiger partial charge in [0.25, 0.3) is 0 Å². The Balaban J connectivity index is 0. The molecule has 0 aliphatic rings. The second kappa shape index (κ2) is 5.68. The zero-order valence-electron chi connectivity index (χ0n) is 8.31. The third-order valence-corrected chi connectivity index (χ3v) is 1.94. The summed E-state index contributed by atoms with van der Waals surface area (Å²) in [4.78, 5) is 0. The Bertz CT molecular complexity index is 267. The Hall–Kier alpha value is -0.995. The smallest absolute Gasteiger partial charge is 0.488 e. The Labute approximate surface area is 87.5 Å². The average molecular weight is 198 g/mol. The van der Waals surface area contributed by atoms with E-state index in [9.17, 15) is 0 Å². The molecule has 0 atom stereocenters. The molecule has 4 heteroatoms. The van der Waals surface area contributed by atoms with E-state index in [0.717, 1.165) is 18.6 Å². The summed E-state index contributed by atoms with van der Waals surface area (Å²) in [6, 6.07) is 6.77. The molecule has 0 bridgehead atoms. The number of ether oxygens (including phenoxy) is 1. The van der Waals surface area contributed by atoms with Crippen molar-refractivity contribution >= 4 is 12.6 Å². The number of unbranched alkanes of at least 4 members (excludes halogenated alkanes) is 1. The summed E-state index contributed by atoms with van der Waals surface area (Å²) >= 11 is 0. The highest BCUT2D eigenvalue weighted by molar-refractivity contribution is 6.58. The molecule has 3 nitrogen and oxygen atoms in total. The Kier molecular flexibility index (Phi) is 4.49. The minimum absolute atomic E-state index is 0. The van der Waals surface area contributed by atoms with E-state index in [2.05, 4.69) is 6.92 Å². The third-order valence-electron chi connectivity index (χ3n) is 1.94. The van der Waals surface area contributed by atoms with Gasteiger partial charge >= 0.3 is 7.12 Å². The van der Waals surface area contributed by atoms with Crippen LogP contribution in [0.15, 0.2) is 24.3 Å². The van der Waals surface area contributed by atoms with E-state index in [4.69, 9.17) is 14.8 Å². The first-order valence-corrected chi connectivity index (χ1v) is 4.83. The molecular weight excluding hydrogens is 179 g/mol. The Morgan fingerprint density at radius 2 is 1.93 bits per heavy atom. The Morgan fingerprint density at radius 3 is 2.43 bits per heavy atom. The molecule has 0 aromatic heterocycles. The van der Waals surface area contributed by atoms with Gasteiger partial charge in [-0.1, -0.05) is 25.5 Å². The molecule has 0 heterocycles. The summed E-state index contributed by atoms with van der Waals surface area (Å²) in [5, 5.41) is 17.7. The molecule has 80 valence electrons. The van der Waals surface area contributed by atoms with Crippen molar-refractivity contribution < 1.29 is 17.6 Å². The lowest BCUT2D eigenvalue weighted by Crippen LogP contribution is -2.29. The quantitative estimate of drug-likeness (QED) is 0.548. The molecule has 0 saturated heterocycles. The van der Waals surface area contributed by atoms with Crippen LogP contribution in [0, 0.1) is 0 Å². The highest BCUT2D eigenvalue weighted by atomic mass is 16.5. The van der Waals surface area contributed by atoms with Crippen molar-refractivity contribution in [2.24, 2.45) is 0 Å². The highest BCUT2D eigenvalue weighted by Crippen LogP contribution is 2.08. The van der Waals surface area contributed by atoms with Crippen molar-refractivity contribution in [3.05, 3.63) is 24.3 Å². The first kappa shape index (κ1) is 11.1. The molecule has 14 heavy (non-hydrogen) atoms. The minimum Gasteiger partial charge on any atom is -0.494 e. The van der Waals surface area contributed by atoms with Gasteiger partial charge in [0.05, 0.1) is 6.61 Å². The van der Waals surface area contributed by atoms with Gasteiger partial charge < -0.3 is 14.8 Å². The molecule has 0 unspecified atom stereocenters. The lowest BCUT2D eigenvalue weighted by molar-refractivity contribution is 0.309. The number of rotatable bonds is 5. The molecule has 0 spiro atoms. The second-order valence-corrected chi connectivity index (χ2v) is 3.14. The predicted octanol–water partition coefficient (Wildman–Crippen LogP) is 1.04. The normalized spacial score (nSPS) is 9.93. The van der Waals surface area contributed by atoms with Crippen molar-refractivity contribution in [1.82, 2.24) is 0 Å². The van der Waals surface area contributed by atoms with Crippen molar-refractivity contribution in [1.29, 1.82) is 0 Å². The lowest BCUT2D eigenvalue weighted by atomic mass is 9.80. The van der Waals surface area contributed by atoms with Crippen molar-refractivity contribution in [3.63, 3.8) is 0 Å². The van der Waals surface area contributed by atoms with Gasteiger partial charge in [-0.15, -0.1) is 0 Å². The van der Waals surface area contributed by atoms with Crippen LogP contribution in [0.5, 0.6) is 5.75 Å². The van der Waals surface area contributed by atoms with Crippen LogP contribution in [0.3, 0.4) is 0 Å². The van der Waals surface area contributed by atoms with Gasteiger partial charge in [0.15, 0.2) is 0 Å². The standard InChI is InChI=1S/C10H15BO3.2H2/c1-2-3-8-14-10-6-4-9(5-7-10)11(12)13;;/h4-7,12-13H,2-3,8H2,1H3;2*1H. The van der Waals surface area contributed by atoms with E-state index >= 15 is 0 Å². The van der Waals surface area contributed by atoms with Crippen LogP contribution in [0.1, 0.15) is 22.6 Å². The molecule has 1 aromatic carbocycles. The molecule has 0 aliphatic carbocycles. The molecule has 2 N–H and O–H groups in total. The van der Waals surface area contributed by atoms with Crippen LogP contribution in [-0.2, 0) is 0 Å². The topological polar surface area (TPSA) is 49.7 Å². The third kappa shape index (κ3) is 3.40. The summed E-state index contributed by atoms with van der Waals surface area (Å²) in [5.74, 6) is 0.767. The fourth-order valence-corrected chi connectivity index (χ4v) is 1.07. The van der Waals surface area contributed by atoms with E-state index in [0.29, 0.717) is 12.1 Å². The molecule has 1 aromatic rings. The Morgan fingerprint density at radius 1 is 1.29 bits per heavy atom. The van der Waals surface area contributed by atoms with Crippen LogP contribution in [0.2, 0.25) is 0 Å². The van der Waals surface area contributed by atoms with Crippen LogP contribution >= 0.6 is 0 Å². The number of hydrogen-bond donors (Lipinski definition) is 2. The molecule has 0 aliphatic heterocycles. The predicted molar refractivity (Wildman–Crippen MR) is 60.9 cm³/mol. The number of benzene rings is 1. The second-order valence-electron chi connectivity index (χ2n) is 3.14. The monoisotopic (exact) mass is 198 g/mol. The average Bonchev–Trinajstić information content (AvgIpc) is 2.19. The molecule has 0 fully saturated rings. The molecule has 1 rings (SSSR count). The fourth-order valence-electron chi connectivity index (χ4n) is 1.07. The lowest BCUT2D eigenvalue weighted by Gasteiger charge is -2.05. The zero-order chi connectivity index (χ0) is 10.4. The molecular formula is C10H19BO3. The van der Waals surface area contributed by atoms with Crippen LogP contribution in [0.4, 0.5) is 0 Å². The zero-order valence-corrected chi connectivity index (χ0v) is 8.31. The van der Waals surface area contributed by atoms with E-state index in [1.807, 2.05) is 0 Å². The van der Waals surface area contributed by atoms with Crippen molar-refractivity contribution in [3.8, 4) is 5.75 Å². The van der Waals surface area contributed by atoms with Gasteiger partial charge in [-0.3, -0.25) is 0 Å². The molecule has 0 radical (unpaired) electrons. The van der Waals surface area contributed by atoms with Crippen molar-refractivity contribution in [2.45, 2.75) is 19.8 Å². The van der Waals surface area contributed by atoms with E-state index < -0.39 is 7.12 Å². The van der Waals surface area contributed by atoms with E-state index in [1.165, 1.54) is 0 Å². The van der Waals surface area contributed by atoms with Gasteiger partial charge in [-0.25, -0.2) is 0 Å². The van der Waals surface area contributed by atoms with Gasteiger partial charge in [0.2, 0.25) is 0 Å².